The molecule has 0 fully saturated rings. The molecule has 0 spiro atoms. The van der Waals surface area contributed by atoms with Crippen LogP contribution in [0.3, 0.4) is 0 Å². The van der Waals surface area contributed by atoms with E-state index in [2.05, 4.69) is 79.1 Å². The van der Waals surface area contributed by atoms with Crippen molar-refractivity contribution in [1.82, 2.24) is 4.98 Å². The van der Waals surface area contributed by atoms with Gasteiger partial charge in [0.1, 0.15) is 5.01 Å². The lowest BCUT2D eigenvalue weighted by Crippen LogP contribution is -2.06. The van der Waals surface area contributed by atoms with Crippen LogP contribution in [0.4, 0.5) is 0 Å². The van der Waals surface area contributed by atoms with Gasteiger partial charge >= 0.3 is 0 Å². The van der Waals surface area contributed by atoms with E-state index in [9.17, 15) is 0 Å². The second kappa shape index (κ2) is 7.43. The van der Waals surface area contributed by atoms with E-state index >= 15 is 0 Å². The smallest absolute Gasteiger partial charge is 0.123 e. The van der Waals surface area contributed by atoms with E-state index in [0.29, 0.717) is 5.92 Å². The van der Waals surface area contributed by atoms with Crippen molar-refractivity contribution in [2.45, 2.75) is 52.4 Å². The zero-order valence-electron chi connectivity index (χ0n) is 15.6. The van der Waals surface area contributed by atoms with Gasteiger partial charge in [-0.15, -0.1) is 11.3 Å². The van der Waals surface area contributed by atoms with Gasteiger partial charge in [-0.05, 0) is 102 Å². The Balaban J connectivity index is 1.60. The highest BCUT2D eigenvalue weighted by Gasteiger charge is 2.17. The van der Waals surface area contributed by atoms with Crippen LogP contribution in [0.25, 0.3) is 10.6 Å². The molecule has 134 valence electrons. The predicted molar refractivity (Wildman–Crippen MR) is 120 cm³/mol. The van der Waals surface area contributed by atoms with Gasteiger partial charge in [-0.25, -0.2) is 4.98 Å². The summed E-state index contributed by atoms with van der Waals surface area (Å²) < 4.78 is 1.34. The number of aromatic nitrogens is 1. The van der Waals surface area contributed by atoms with Crippen molar-refractivity contribution in [3.63, 3.8) is 0 Å². The number of aryl methyl sites for hydroxylation is 3. The molecule has 1 aromatic heterocycles. The maximum atomic E-state index is 4.95. The van der Waals surface area contributed by atoms with Crippen LogP contribution in [0.1, 0.15) is 59.2 Å². The van der Waals surface area contributed by atoms with Gasteiger partial charge in [-0.1, -0.05) is 25.1 Å². The molecule has 1 aliphatic carbocycles. The van der Waals surface area contributed by atoms with Gasteiger partial charge in [-0.2, -0.15) is 0 Å². The summed E-state index contributed by atoms with van der Waals surface area (Å²) in [6.07, 6.45) is 4.77. The van der Waals surface area contributed by atoms with Crippen molar-refractivity contribution in [2.75, 3.05) is 0 Å². The van der Waals surface area contributed by atoms with Crippen molar-refractivity contribution in [2.24, 2.45) is 0 Å². The molecule has 0 saturated heterocycles. The topological polar surface area (TPSA) is 12.9 Å². The van der Waals surface area contributed by atoms with Gasteiger partial charge in [0.25, 0.3) is 0 Å². The fourth-order valence-electron chi connectivity index (χ4n) is 3.94. The van der Waals surface area contributed by atoms with E-state index in [4.69, 9.17) is 4.98 Å². The summed E-state index contributed by atoms with van der Waals surface area (Å²) in [5.74, 6) is 0.701. The second-order valence-corrected chi connectivity index (χ2v) is 9.58. The van der Waals surface area contributed by atoms with E-state index < -0.39 is 0 Å². The van der Waals surface area contributed by atoms with Crippen LogP contribution in [-0.2, 0) is 12.8 Å². The quantitative estimate of drug-likeness (QED) is 0.371. The zero-order chi connectivity index (χ0) is 18.3. The Morgan fingerprint density at radius 2 is 2.00 bits per heavy atom. The molecule has 3 aromatic rings. The maximum Gasteiger partial charge on any atom is 0.123 e. The van der Waals surface area contributed by atoms with Gasteiger partial charge in [0.15, 0.2) is 0 Å². The van der Waals surface area contributed by atoms with Crippen LogP contribution in [0.5, 0.6) is 0 Å². The number of hydrogen-bond acceptors (Lipinski definition) is 2. The third kappa shape index (κ3) is 3.61. The minimum atomic E-state index is 0.701. The average Bonchev–Trinajstić information content (AvgIpc) is 3.08. The molecule has 0 amide bonds. The number of rotatable bonds is 3. The molecule has 26 heavy (non-hydrogen) atoms. The minimum Gasteiger partial charge on any atom is -0.241 e. The Hall–Kier alpha value is -1.20. The van der Waals surface area contributed by atoms with Gasteiger partial charge in [0.2, 0.25) is 0 Å². The Labute approximate surface area is 174 Å². The predicted octanol–water partition coefficient (Wildman–Crippen LogP) is 7.06. The number of nitrogens with zero attached hydrogens (tertiary/aromatic N) is 1. The molecule has 1 unspecified atom stereocenters. The van der Waals surface area contributed by atoms with Gasteiger partial charge in [0, 0.05) is 20.9 Å². The normalized spacial score (nSPS) is 16.5. The molecule has 1 nitrogen and oxygen atoms in total. The van der Waals surface area contributed by atoms with Crippen LogP contribution in [0.2, 0.25) is 0 Å². The van der Waals surface area contributed by atoms with E-state index in [1.54, 1.807) is 16.9 Å². The largest absolute Gasteiger partial charge is 0.241 e. The van der Waals surface area contributed by atoms with E-state index in [1.165, 1.54) is 56.3 Å². The molecule has 0 radical (unpaired) electrons. The molecule has 1 aliphatic rings. The number of hydrogen-bond donors (Lipinski definition) is 0. The second-order valence-electron chi connectivity index (χ2n) is 7.56. The fourth-order valence-corrected chi connectivity index (χ4v) is 5.38. The Morgan fingerprint density at radius 3 is 2.85 bits per heavy atom. The summed E-state index contributed by atoms with van der Waals surface area (Å²) in [5, 5.41) is 3.38. The van der Waals surface area contributed by atoms with Crippen LogP contribution < -0.4 is 0 Å². The summed E-state index contributed by atoms with van der Waals surface area (Å²) in [6.45, 7) is 6.74. The standard InChI is InChI=1S/C23H24INS/c1-14-5-4-6-17-11-18(7-8-21(14)17)23-25-20(13-26-23)12-19-9-16(3)22(24)10-15(19)2/h7-11,13-14H,4-6,12H2,1-3H3. The molecule has 4 rings (SSSR count). The third-order valence-corrected chi connectivity index (χ3v) is 7.65. The van der Waals surface area contributed by atoms with Crippen LogP contribution in [-0.4, -0.2) is 4.98 Å². The molecule has 0 N–H and O–H groups in total. The fraction of sp³-hybridized carbons (Fsp3) is 0.348. The summed E-state index contributed by atoms with van der Waals surface area (Å²) in [7, 11) is 0. The van der Waals surface area contributed by atoms with Crippen molar-refractivity contribution >= 4 is 33.9 Å². The Kier molecular flexibility index (Phi) is 5.20. The summed E-state index contributed by atoms with van der Waals surface area (Å²) in [4.78, 5) is 4.95. The summed E-state index contributed by atoms with van der Waals surface area (Å²) >= 11 is 4.19. The summed E-state index contributed by atoms with van der Waals surface area (Å²) in [6, 6.07) is 11.6. The maximum absolute atomic E-state index is 4.95. The molecular formula is C23H24INS. The first-order valence-electron chi connectivity index (χ1n) is 9.34. The van der Waals surface area contributed by atoms with Gasteiger partial charge < -0.3 is 0 Å². The number of fused-ring (bicyclic) bond motifs is 1. The van der Waals surface area contributed by atoms with Crippen LogP contribution in [0, 0.1) is 17.4 Å². The average molecular weight is 473 g/mol. The molecule has 0 bridgehead atoms. The molecule has 0 aliphatic heterocycles. The van der Waals surface area contributed by atoms with Gasteiger partial charge in [-0.3, -0.25) is 0 Å². The highest BCUT2D eigenvalue weighted by atomic mass is 127. The summed E-state index contributed by atoms with van der Waals surface area (Å²) in [5.41, 5.74) is 9.63. The zero-order valence-corrected chi connectivity index (χ0v) is 18.6. The monoisotopic (exact) mass is 473 g/mol. The highest BCUT2D eigenvalue weighted by molar-refractivity contribution is 14.1. The lowest BCUT2D eigenvalue weighted by Gasteiger charge is -2.22. The van der Waals surface area contributed by atoms with Crippen LogP contribution >= 0.6 is 33.9 Å². The van der Waals surface area contributed by atoms with Crippen molar-refractivity contribution < 1.29 is 0 Å². The SMILES string of the molecule is Cc1cc(Cc2csc(-c3ccc4c(c3)CCCC4C)n2)c(C)cc1I. The molecule has 0 saturated carbocycles. The molecule has 3 heteroatoms. The Morgan fingerprint density at radius 1 is 1.15 bits per heavy atom. The first kappa shape index (κ1) is 18.2. The van der Waals surface area contributed by atoms with E-state index in [1.807, 2.05) is 0 Å². The van der Waals surface area contributed by atoms with E-state index in [-0.39, 0.29) is 0 Å². The van der Waals surface area contributed by atoms with Crippen molar-refractivity contribution in [3.8, 4) is 10.6 Å². The molecular weight excluding hydrogens is 449 g/mol. The highest BCUT2D eigenvalue weighted by Crippen LogP contribution is 2.35. The number of thiazole rings is 1. The van der Waals surface area contributed by atoms with Gasteiger partial charge in [0.05, 0.1) is 5.69 Å². The number of halogens is 1. The van der Waals surface area contributed by atoms with Crippen molar-refractivity contribution in [3.05, 3.63) is 72.8 Å². The molecule has 1 heterocycles. The Bertz CT molecular complexity index is 957. The lowest BCUT2D eigenvalue weighted by molar-refractivity contribution is 0.590. The first-order chi connectivity index (χ1) is 12.5. The van der Waals surface area contributed by atoms with E-state index in [0.717, 1.165) is 11.4 Å². The minimum absolute atomic E-state index is 0.701. The van der Waals surface area contributed by atoms with Crippen molar-refractivity contribution in [1.29, 1.82) is 0 Å². The van der Waals surface area contributed by atoms with Crippen LogP contribution in [0.15, 0.2) is 35.7 Å². The number of benzene rings is 2. The third-order valence-electron chi connectivity index (χ3n) is 5.54. The first-order valence-corrected chi connectivity index (χ1v) is 11.3. The molecule has 2 aromatic carbocycles. The lowest BCUT2D eigenvalue weighted by atomic mass is 9.83. The molecule has 1 atom stereocenters.